The van der Waals surface area contributed by atoms with Gasteiger partial charge in [0, 0.05) is 6.07 Å². The van der Waals surface area contributed by atoms with E-state index in [1.807, 2.05) is 18.2 Å². The lowest BCUT2D eigenvalue weighted by Gasteiger charge is -2.15. The van der Waals surface area contributed by atoms with Gasteiger partial charge in [0.05, 0.1) is 25.0 Å². The standard InChI is InChI=1S/C15H16N2O2/c1-19-15-8-5-10(9-16-15)17-13-7-6-12-11(13)3-2-4-14(12)18/h2-5,8-9,13,17-18H,6-7H2,1H3. The molecule has 1 aromatic carbocycles. The number of ether oxygens (including phenoxy) is 1. The van der Waals surface area contributed by atoms with Gasteiger partial charge in [0.2, 0.25) is 5.88 Å². The number of hydrogen-bond donors (Lipinski definition) is 2. The minimum absolute atomic E-state index is 0.234. The Bertz CT molecular complexity index is 581. The van der Waals surface area contributed by atoms with Crippen molar-refractivity contribution in [3.05, 3.63) is 47.7 Å². The summed E-state index contributed by atoms with van der Waals surface area (Å²) in [6, 6.07) is 9.72. The van der Waals surface area contributed by atoms with Crippen molar-refractivity contribution in [2.75, 3.05) is 12.4 Å². The Balaban J connectivity index is 1.80. The molecule has 0 saturated carbocycles. The normalized spacial score (nSPS) is 17.0. The second-order valence-corrected chi connectivity index (χ2v) is 4.67. The van der Waals surface area contributed by atoms with E-state index in [1.54, 1.807) is 19.4 Å². The monoisotopic (exact) mass is 256 g/mol. The first kappa shape index (κ1) is 11.8. The molecule has 0 fully saturated rings. The third kappa shape index (κ3) is 2.21. The van der Waals surface area contributed by atoms with E-state index in [9.17, 15) is 5.11 Å². The highest BCUT2D eigenvalue weighted by molar-refractivity contribution is 5.50. The molecule has 1 atom stereocenters. The molecular weight excluding hydrogens is 240 g/mol. The zero-order valence-corrected chi connectivity index (χ0v) is 10.8. The van der Waals surface area contributed by atoms with Gasteiger partial charge in [-0.1, -0.05) is 12.1 Å². The number of phenolic OH excluding ortho intramolecular Hbond substituents is 1. The summed E-state index contributed by atoms with van der Waals surface area (Å²) in [4.78, 5) is 4.18. The summed E-state index contributed by atoms with van der Waals surface area (Å²) < 4.78 is 5.04. The number of rotatable bonds is 3. The summed E-state index contributed by atoms with van der Waals surface area (Å²) in [6.45, 7) is 0. The fraction of sp³-hybridized carbons (Fsp3) is 0.267. The van der Waals surface area contributed by atoms with Crippen LogP contribution in [0.25, 0.3) is 0 Å². The van der Waals surface area contributed by atoms with Crippen molar-refractivity contribution in [2.45, 2.75) is 18.9 Å². The van der Waals surface area contributed by atoms with Crippen LogP contribution in [-0.4, -0.2) is 17.2 Å². The summed E-state index contributed by atoms with van der Waals surface area (Å²) in [5.41, 5.74) is 3.19. The van der Waals surface area contributed by atoms with Gasteiger partial charge in [-0.05, 0) is 36.1 Å². The molecule has 0 saturated heterocycles. The molecule has 1 aromatic heterocycles. The van der Waals surface area contributed by atoms with Crippen LogP contribution >= 0.6 is 0 Å². The number of benzene rings is 1. The molecule has 19 heavy (non-hydrogen) atoms. The molecule has 4 nitrogen and oxygen atoms in total. The largest absolute Gasteiger partial charge is 0.508 e. The second kappa shape index (κ2) is 4.80. The molecule has 0 bridgehead atoms. The molecule has 1 heterocycles. The lowest BCUT2D eigenvalue weighted by molar-refractivity contribution is 0.398. The summed E-state index contributed by atoms with van der Waals surface area (Å²) in [6.07, 6.45) is 3.65. The van der Waals surface area contributed by atoms with Crippen LogP contribution in [0, 0.1) is 0 Å². The fourth-order valence-electron chi connectivity index (χ4n) is 2.57. The number of fused-ring (bicyclic) bond motifs is 1. The molecular formula is C15H16N2O2. The highest BCUT2D eigenvalue weighted by Gasteiger charge is 2.24. The van der Waals surface area contributed by atoms with Crippen LogP contribution in [0.4, 0.5) is 5.69 Å². The molecule has 98 valence electrons. The van der Waals surface area contributed by atoms with Gasteiger partial charge in [0.1, 0.15) is 5.75 Å². The van der Waals surface area contributed by atoms with Crippen molar-refractivity contribution in [1.82, 2.24) is 4.98 Å². The van der Waals surface area contributed by atoms with Crippen LogP contribution in [0.3, 0.4) is 0 Å². The van der Waals surface area contributed by atoms with E-state index in [2.05, 4.69) is 16.4 Å². The van der Waals surface area contributed by atoms with Crippen molar-refractivity contribution >= 4 is 5.69 Å². The van der Waals surface area contributed by atoms with Gasteiger partial charge in [-0.25, -0.2) is 4.98 Å². The molecule has 0 aliphatic heterocycles. The van der Waals surface area contributed by atoms with Crippen molar-refractivity contribution < 1.29 is 9.84 Å². The number of aromatic nitrogens is 1. The summed E-state index contributed by atoms with van der Waals surface area (Å²) in [5.74, 6) is 1.00. The van der Waals surface area contributed by atoms with Gasteiger partial charge in [-0.3, -0.25) is 0 Å². The van der Waals surface area contributed by atoms with E-state index >= 15 is 0 Å². The number of pyridine rings is 1. The lowest BCUT2D eigenvalue weighted by atomic mass is 10.1. The minimum atomic E-state index is 0.234. The van der Waals surface area contributed by atoms with E-state index in [0.29, 0.717) is 11.6 Å². The number of methoxy groups -OCH3 is 1. The predicted molar refractivity (Wildman–Crippen MR) is 73.6 cm³/mol. The third-order valence-electron chi connectivity index (χ3n) is 3.53. The maximum Gasteiger partial charge on any atom is 0.213 e. The van der Waals surface area contributed by atoms with Crippen LogP contribution < -0.4 is 10.1 Å². The van der Waals surface area contributed by atoms with Crippen LogP contribution in [0.5, 0.6) is 11.6 Å². The molecule has 2 N–H and O–H groups in total. The Morgan fingerprint density at radius 3 is 2.95 bits per heavy atom. The molecule has 4 heteroatoms. The Morgan fingerprint density at radius 1 is 1.32 bits per heavy atom. The van der Waals surface area contributed by atoms with Crippen LogP contribution in [0.2, 0.25) is 0 Å². The van der Waals surface area contributed by atoms with Gasteiger partial charge in [0.25, 0.3) is 0 Å². The second-order valence-electron chi connectivity index (χ2n) is 4.67. The highest BCUT2D eigenvalue weighted by atomic mass is 16.5. The highest BCUT2D eigenvalue weighted by Crippen LogP contribution is 2.38. The van der Waals surface area contributed by atoms with Gasteiger partial charge >= 0.3 is 0 Å². The van der Waals surface area contributed by atoms with Crippen LogP contribution in [-0.2, 0) is 6.42 Å². The van der Waals surface area contributed by atoms with E-state index in [-0.39, 0.29) is 6.04 Å². The maximum absolute atomic E-state index is 9.83. The van der Waals surface area contributed by atoms with Gasteiger partial charge < -0.3 is 15.2 Å². The first-order valence-electron chi connectivity index (χ1n) is 6.35. The third-order valence-corrected chi connectivity index (χ3v) is 3.53. The summed E-state index contributed by atoms with van der Waals surface area (Å²) in [5, 5.41) is 13.3. The molecule has 0 spiro atoms. The predicted octanol–water partition coefficient (Wildman–Crippen LogP) is 2.90. The van der Waals surface area contributed by atoms with Gasteiger partial charge in [-0.15, -0.1) is 0 Å². The Hall–Kier alpha value is -2.23. The zero-order chi connectivity index (χ0) is 13.2. The van der Waals surface area contributed by atoms with E-state index in [1.165, 1.54) is 5.56 Å². The molecule has 0 amide bonds. The smallest absolute Gasteiger partial charge is 0.213 e. The van der Waals surface area contributed by atoms with Crippen molar-refractivity contribution in [3.63, 3.8) is 0 Å². The number of aromatic hydroxyl groups is 1. The number of phenols is 1. The molecule has 0 radical (unpaired) electrons. The first-order chi connectivity index (χ1) is 9.28. The number of nitrogens with one attached hydrogen (secondary N) is 1. The molecule has 1 aliphatic rings. The first-order valence-corrected chi connectivity index (χ1v) is 6.35. The lowest BCUT2D eigenvalue weighted by Crippen LogP contribution is -2.07. The Labute approximate surface area is 112 Å². The maximum atomic E-state index is 9.83. The summed E-state index contributed by atoms with van der Waals surface area (Å²) in [7, 11) is 1.60. The van der Waals surface area contributed by atoms with E-state index < -0.39 is 0 Å². The number of anilines is 1. The quantitative estimate of drug-likeness (QED) is 0.886. The van der Waals surface area contributed by atoms with Crippen LogP contribution in [0.1, 0.15) is 23.6 Å². The van der Waals surface area contributed by atoms with Crippen molar-refractivity contribution in [2.24, 2.45) is 0 Å². The zero-order valence-electron chi connectivity index (χ0n) is 10.8. The average molecular weight is 256 g/mol. The number of hydrogen-bond acceptors (Lipinski definition) is 4. The average Bonchev–Trinajstić information content (AvgIpc) is 2.84. The molecule has 1 unspecified atom stereocenters. The van der Waals surface area contributed by atoms with Gasteiger partial charge in [-0.2, -0.15) is 0 Å². The fourth-order valence-corrected chi connectivity index (χ4v) is 2.57. The topological polar surface area (TPSA) is 54.4 Å². The molecule has 1 aliphatic carbocycles. The Kier molecular flexibility index (Phi) is 2.99. The van der Waals surface area contributed by atoms with Gasteiger partial charge in [0.15, 0.2) is 0 Å². The van der Waals surface area contributed by atoms with E-state index in [4.69, 9.17) is 4.74 Å². The van der Waals surface area contributed by atoms with Crippen molar-refractivity contribution in [3.8, 4) is 11.6 Å². The van der Waals surface area contributed by atoms with Crippen LogP contribution in [0.15, 0.2) is 36.5 Å². The minimum Gasteiger partial charge on any atom is -0.508 e. The van der Waals surface area contributed by atoms with Crippen molar-refractivity contribution in [1.29, 1.82) is 0 Å². The SMILES string of the molecule is COc1ccc(NC2CCc3c(O)cccc32)cn1. The number of nitrogens with zero attached hydrogens (tertiary/aromatic N) is 1. The molecule has 2 aromatic rings. The molecule has 3 rings (SSSR count). The summed E-state index contributed by atoms with van der Waals surface area (Å²) >= 11 is 0. The Morgan fingerprint density at radius 2 is 2.21 bits per heavy atom. The van der Waals surface area contributed by atoms with E-state index in [0.717, 1.165) is 24.1 Å².